The predicted octanol–water partition coefficient (Wildman–Crippen LogP) is 1.52. The lowest BCUT2D eigenvalue weighted by Gasteiger charge is -2.08. The van der Waals surface area contributed by atoms with E-state index in [0.29, 0.717) is 13.2 Å². The van der Waals surface area contributed by atoms with Gasteiger partial charge in [0, 0.05) is 6.20 Å². The molecule has 3 rings (SSSR count). The van der Waals surface area contributed by atoms with Gasteiger partial charge < -0.3 is 9.47 Å². The van der Waals surface area contributed by atoms with Crippen LogP contribution in [0.3, 0.4) is 0 Å². The van der Waals surface area contributed by atoms with E-state index in [4.69, 9.17) is 9.47 Å². The van der Waals surface area contributed by atoms with Gasteiger partial charge in [-0.15, -0.1) is 0 Å². The van der Waals surface area contributed by atoms with E-state index in [2.05, 4.69) is 15.2 Å². The van der Waals surface area contributed by atoms with Crippen LogP contribution in [0.15, 0.2) is 30.5 Å². The monoisotopic (exact) mass is 217 g/mol. The molecule has 1 saturated heterocycles. The maximum absolute atomic E-state index is 5.40. The SMILES string of the molecule is c1cc(-c2ccn[nH]2)nc(C2OCCO2)c1. The number of aromatic nitrogens is 3. The Hall–Kier alpha value is -1.72. The van der Waals surface area contributed by atoms with Crippen LogP contribution in [0.5, 0.6) is 0 Å². The number of hydrogen-bond donors (Lipinski definition) is 1. The van der Waals surface area contributed by atoms with Crippen molar-refractivity contribution in [1.29, 1.82) is 0 Å². The summed E-state index contributed by atoms with van der Waals surface area (Å²) in [5, 5.41) is 6.78. The van der Waals surface area contributed by atoms with Crippen molar-refractivity contribution in [3.8, 4) is 11.4 Å². The van der Waals surface area contributed by atoms with Crippen molar-refractivity contribution < 1.29 is 9.47 Å². The molecule has 0 aliphatic carbocycles. The molecule has 82 valence electrons. The van der Waals surface area contributed by atoms with Crippen molar-refractivity contribution in [3.05, 3.63) is 36.2 Å². The van der Waals surface area contributed by atoms with Crippen LogP contribution >= 0.6 is 0 Å². The Kier molecular flexibility index (Phi) is 2.40. The van der Waals surface area contributed by atoms with Crippen molar-refractivity contribution in [2.75, 3.05) is 13.2 Å². The fourth-order valence-electron chi connectivity index (χ4n) is 1.66. The zero-order valence-electron chi connectivity index (χ0n) is 8.59. The molecule has 0 radical (unpaired) electrons. The minimum atomic E-state index is -0.331. The number of ether oxygens (including phenoxy) is 2. The Morgan fingerprint density at radius 1 is 1.19 bits per heavy atom. The number of hydrogen-bond acceptors (Lipinski definition) is 4. The summed E-state index contributed by atoms with van der Waals surface area (Å²) in [4.78, 5) is 4.48. The van der Waals surface area contributed by atoms with E-state index in [1.165, 1.54) is 0 Å². The molecule has 0 spiro atoms. The summed E-state index contributed by atoms with van der Waals surface area (Å²) in [7, 11) is 0. The molecule has 1 aliphatic heterocycles. The topological polar surface area (TPSA) is 60.0 Å². The van der Waals surface area contributed by atoms with Gasteiger partial charge in [0.25, 0.3) is 0 Å². The first kappa shape index (κ1) is 9.50. The number of aromatic amines is 1. The van der Waals surface area contributed by atoms with Crippen LogP contribution in [0.4, 0.5) is 0 Å². The highest BCUT2D eigenvalue weighted by molar-refractivity contribution is 5.53. The summed E-state index contributed by atoms with van der Waals surface area (Å²) in [6.07, 6.45) is 1.37. The molecule has 1 N–H and O–H groups in total. The molecular weight excluding hydrogens is 206 g/mol. The van der Waals surface area contributed by atoms with Crippen LogP contribution < -0.4 is 0 Å². The van der Waals surface area contributed by atoms with Crippen molar-refractivity contribution in [2.45, 2.75) is 6.29 Å². The number of H-pyrrole nitrogens is 1. The van der Waals surface area contributed by atoms with Gasteiger partial charge in [0.1, 0.15) is 0 Å². The second kappa shape index (κ2) is 4.03. The quantitative estimate of drug-likeness (QED) is 0.828. The van der Waals surface area contributed by atoms with Crippen LogP contribution in [0, 0.1) is 0 Å². The molecule has 5 heteroatoms. The van der Waals surface area contributed by atoms with E-state index in [1.807, 2.05) is 24.3 Å². The summed E-state index contributed by atoms with van der Waals surface area (Å²) in [6.45, 7) is 1.25. The highest BCUT2D eigenvalue weighted by Gasteiger charge is 2.19. The molecule has 0 saturated carbocycles. The Bertz CT molecular complexity index is 464. The minimum absolute atomic E-state index is 0.331. The molecule has 3 heterocycles. The van der Waals surface area contributed by atoms with Crippen molar-refractivity contribution >= 4 is 0 Å². The standard InChI is InChI=1S/C11H11N3O2/c1-2-8(9-4-5-12-14-9)13-10(3-1)11-15-6-7-16-11/h1-5,11H,6-7H2,(H,12,14). The van der Waals surface area contributed by atoms with E-state index in [0.717, 1.165) is 17.1 Å². The van der Waals surface area contributed by atoms with Gasteiger partial charge in [-0.05, 0) is 18.2 Å². The van der Waals surface area contributed by atoms with E-state index in [9.17, 15) is 0 Å². The highest BCUT2D eigenvalue weighted by Crippen LogP contribution is 2.23. The smallest absolute Gasteiger partial charge is 0.201 e. The first-order valence-electron chi connectivity index (χ1n) is 5.13. The number of pyridine rings is 1. The zero-order chi connectivity index (χ0) is 10.8. The van der Waals surface area contributed by atoms with Crippen LogP contribution in [-0.2, 0) is 9.47 Å². The van der Waals surface area contributed by atoms with Gasteiger partial charge >= 0.3 is 0 Å². The van der Waals surface area contributed by atoms with Gasteiger partial charge in [-0.2, -0.15) is 5.10 Å². The molecule has 16 heavy (non-hydrogen) atoms. The Balaban J connectivity index is 1.93. The normalized spacial score (nSPS) is 16.8. The number of nitrogens with one attached hydrogen (secondary N) is 1. The molecule has 0 unspecified atom stereocenters. The fourth-order valence-corrected chi connectivity index (χ4v) is 1.66. The lowest BCUT2D eigenvalue weighted by Crippen LogP contribution is -2.01. The van der Waals surface area contributed by atoms with Gasteiger partial charge in [-0.3, -0.25) is 5.10 Å². The van der Waals surface area contributed by atoms with Gasteiger partial charge in [0.2, 0.25) is 6.29 Å². The molecule has 1 aliphatic rings. The Morgan fingerprint density at radius 2 is 2.06 bits per heavy atom. The van der Waals surface area contributed by atoms with Crippen LogP contribution in [0.1, 0.15) is 12.0 Å². The zero-order valence-corrected chi connectivity index (χ0v) is 8.59. The molecule has 1 fully saturated rings. The second-order valence-electron chi connectivity index (χ2n) is 3.49. The molecule has 2 aromatic rings. The van der Waals surface area contributed by atoms with E-state index < -0.39 is 0 Å². The van der Waals surface area contributed by atoms with Crippen LogP contribution in [0.2, 0.25) is 0 Å². The van der Waals surface area contributed by atoms with Crippen LogP contribution in [0.25, 0.3) is 11.4 Å². The summed E-state index contributed by atoms with van der Waals surface area (Å²) >= 11 is 0. The maximum Gasteiger partial charge on any atom is 0.201 e. The van der Waals surface area contributed by atoms with Crippen molar-refractivity contribution in [2.24, 2.45) is 0 Å². The second-order valence-corrected chi connectivity index (χ2v) is 3.49. The summed E-state index contributed by atoms with van der Waals surface area (Å²) < 4.78 is 10.8. The summed E-state index contributed by atoms with van der Waals surface area (Å²) in [6, 6.07) is 7.63. The first-order chi connectivity index (χ1) is 7.93. The van der Waals surface area contributed by atoms with E-state index in [-0.39, 0.29) is 6.29 Å². The molecule has 0 aromatic carbocycles. The lowest BCUT2D eigenvalue weighted by molar-refractivity contribution is -0.0472. The first-order valence-corrected chi connectivity index (χ1v) is 5.13. The largest absolute Gasteiger partial charge is 0.345 e. The fraction of sp³-hybridized carbons (Fsp3) is 0.273. The van der Waals surface area contributed by atoms with Crippen molar-refractivity contribution in [3.63, 3.8) is 0 Å². The predicted molar refractivity (Wildman–Crippen MR) is 56.5 cm³/mol. The van der Waals surface area contributed by atoms with Crippen LogP contribution in [-0.4, -0.2) is 28.4 Å². The Morgan fingerprint density at radius 3 is 2.81 bits per heavy atom. The van der Waals surface area contributed by atoms with Gasteiger partial charge in [-0.25, -0.2) is 4.98 Å². The molecular formula is C11H11N3O2. The highest BCUT2D eigenvalue weighted by atomic mass is 16.7. The average molecular weight is 217 g/mol. The number of nitrogens with zero attached hydrogens (tertiary/aromatic N) is 2. The lowest BCUT2D eigenvalue weighted by atomic mass is 10.2. The molecule has 5 nitrogen and oxygen atoms in total. The Labute approximate surface area is 92.4 Å². The third kappa shape index (κ3) is 1.70. The molecule has 0 atom stereocenters. The maximum atomic E-state index is 5.40. The molecule has 0 amide bonds. The van der Waals surface area contributed by atoms with E-state index in [1.54, 1.807) is 6.20 Å². The van der Waals surface area contributed by atoms with Crippen molar-refractivity contribution in [1.82, 2.24) is 15.2 Å². The van der Waals surface area contributed by atoms with E-state index >= 15 is 0 Å². The third-order valence-electron chi connectivity index (χ3n) is 2.41. The van der Waals surface area contributed by atoms with Gasteiger partial charge in [0.15, 0.2) is 0 Å². The number of rotatable bonds is 2. The third-order valence-corrected chi connectivity index (χ3v) is 2.41. The summed E-state index contributed by atoms with van der Waals surface area (Å²) in [5.74, 6) is 0. The molecule has 0 bridgehead atoms. The summed E-state index contributed by atoms with van der Waals surface area (Å²) in [5.41, 5.74) is 2.53. The van der Waals surface area contributed by atoms with Gasteiger partial charge in [0.05, 0.1) is 30.3 Å². The minimum Gasteiger partial charge on any atom is -0.345 e. The average Bonchev–Trinajstić information content (AvgIpc) is 3.03. The van der Waals surface area contributed by atoms with Gasteiger partial charge in [-0.1, -0.05) is 6.07 Å². The molecule has 2 aromatic heterocycles.